The van der Waals surface area contributed by atoms with Crippen LogP contribution in [0.4, 0.5) is 0 Å². The molecule has 2 aliphatic carbocycles. The van der Waals surface area contributed by atoms with Crippen LogP contribution < -0.4 is 0 Å². The summed E-state index contributed by atoms with van der Waals surface area (Å²) in [5.41, 5.74) is 3.21. The van der Waals surface area contributed by atoms with Gasteiger partial charge in [0, 0.05) is 23.5 Å². The number of carbonyl (C=O) groups excluding carboxylic acids is 1. The van der Waals surface area contributed by atoms with Crippen LogP contribution in [0, 0.1) is 28.6 Å². The molecule has 3 fully saturated rings. The minimum Gasteiger partial charge on any atom is -0.458 e. The highest BCUT2D eigenvalue weighted by atomic mass is 16.5. The second kappa shape index (κ2) is 5.12. The Hall–Kier alpha value is -0.830. The molecule has 5 rings (SSSR count). The summed E-state index contributed by atoms with van der Waals surface area (Å²) in [5, 5.41) is 0. The van der Waals surface area contributed by atoms with Crippen molar-refractivity contribution in [3.05, 3.63) is 11.1 Å². The van der Waals surface area contributed by atoms with Gasteiger partial charge in [-0.15, -0.1) is 0 Å². The van der Waals surface area contributed by atoms with Gasteiger partial charge in [-0.1, -0.05) is 33.3 Å². The first-order valence-corrected chi connectivity index (χ1v) is 10.5. The second-order valence-corrected chi connectivity index (χ2v) is 10.7. The second-order valence-electron chi connectivity index (χ2n) is 10.7. The molecule has 5 unspecified atom stereocenters. The van der Waals surface area contributed by atoms with Crippen LogP contribution in [0.25, 0.3) is 0 Å². The van der Waals surface area contributed by atoms with Gasteiger partial charge in [0.2, 0.25) is 0 Å². The molecule has 0 aromatic carbocycles. The third-order valence-corrected chi connectivity index (χ3v) is 8.65. The maximum atomic E-state index is 12.7. The van der Waals surface area contributed by atoms with Crippen LogP contribution >= 0.6 is 0 Å². The maximum absolute atomic E-state index is 12.7. The van der Waals surface area contributed by atoms with Crippen molar-refractivity contribution in [2.75, 3.05) is 13.1 Å². The molecule has 5 atom stereocenters. The molecule has 138 valence electrons. The Morgan fingerprint density at radius 1 is 1.04 bits per heavy atom. The Morgan fingerprint density at radius 3 is 2.52 bits per heavy atom. The molecule has 2 saturated heterocycles. The maximum Gasteiger partial charge on any atom is 0.334 e. The lowest BCUT2D eigenvalue weighted by molar-refractivity contribution is -0.196. The Balaban J connectivity index is 1.63. The zero-order valence-corrected chi connectivity index (χ0v) is 16.3. The largest absolute Gasteiger partial charge is 0.458 e. The molecule has 0 aromatic rings. The first-order chi connectivity index (χ1) is 11.8. The molecule has 0 aromatic heterocycles. The van der Waals surface area contributed by atoms with Crippen molar-refractivity contribution in [3.8, 4) is 0 Å². The first kappa shape index (κ1) is 16.4. The van der Waals surface area contributed by atoms with Gasteiger partial charge in [-0.05, 0) is 68.4 Å². The van der Waals surface area contributed by atoms with Crippen molar-refractivity contribution in [1.29, 1.82) is 0 Å². The van der Waals surface area contributed by atoms with Crippen LogP contribution in [0.1, 0.15) is 66.2 Å². The molecule has 0 radical (unpaired) electrons. The lowest BCUT2D eigenvalue weighted by Crippen LogP contribution is -2.68. The normalized spacial score (nSPS) is 44.6. The van der Waals surface area contributed by atoms with Crippen molar-refractivity contribution in [2.45, 2.75) is 78.4 Å². The van der Waals surface area contributed by atoms with Crippen molar-refractivity contribution in [2.24, 2.45) is 28.6 Å². The molecule has 1 saturated carbocycles. The van der Waals surface area contributed by atoms with Crippen LogP contribution in [0.15, 0.2) is 11.1 Å². The predicted octanol–water partition coefficient (Wildman–Crippen LogP) is 4.18. The predicted molar refractivity (Wildman–Crippen MR) is 98.0 cm³/mol. The van der Waals surface area contributed by atoms with E-state index < -0.39 is 0 Å². The Bertz CT molecular complexity index is 644. The van der Waals surface area contributed by atoms with E-state index in [0.717, 1.165) is 30.8 Å². The summed E-state index contributed by atoms with van der Waals surface area (Å²) >= 11 is 0. The van der Waals surface area contributed by atoms with Gasteiger partial charge < -0.3 is 4.74 Å². The number of ether oxygens (including phenoxy) is 1. The summed E-state index contributed by atoms with van der Waals surface area (Å²) in [6, 6.07) is 0.602. The number of nitrogens with zero attached hydrogens (tertiary/aromatic N) is 1. The highest BCUT2D eigenvalue weighted by Crippen LogP contribution is 2.60. The van der Waals surface area contributed by atoms with Gasteiger partial charge in [0.05, 0.1) is 0 Å². The molecule has 3 heterocycles. The summed E-state index contributed by atoms with van der Waals surface area (Å²) in [6.07, 6.45) is 7.14. The highest BCUT2D eigenvalue weighted by Gasteiger charge is 2.61. The van der Waals surface area contributed by atoms with E-state index >= 15 is 0 Å². The average molecular weight is 344 g/mol. The first-order valence-electron chi connectivity index (χ1n) is 10.5. The fourth-order valence-electron chi connectivity index (χ4n) is 7.14. The van der Waals surface area contributed by atoms with Crippen LogP contribution in [0.2, 0.25) is 0 Å². The quantitative estimate of drug-likeness (QED) is 0.618. The molecule has 0 amide bonds. The van der Waals surface area contributed by atoms with Crippen LogP contribution in [0.5, 0.6) is 0 Å². The molecule has 25 heavy (non-hydrogen) atoms. The topological polar surface area (TPSA) is 29.5 Å². The van der Waals surface area contributed by atoms with Gasteiger partial charge in [0.25, 0.3) is 0 Å². The number of esters is 1. The zero-order valence-electron chi connectivity index (χ0n) is 16.3. The Labute approximate surface area is 152 Å². The van der Waals surface area contributed by atoms with E-state index in [9.17, 15) is 4.79 Å². The Morgan fingerprint density at radius 2 is 1.76 bits per heavy atom. The SMILES string of the molecule is CC1(C)CCN2CCC(C)(C)C3C4OC(=O)C5=C(CCC5)C4CC1C32. The molecule has 3 nitrogen and oxygen atoms in total. The van der Waals surface area contributed by atoms with Gasteiger partial charge >= 0.3 is 5.97 Å². The van der Waals surface area contributed by atoms with E-state index in [4.69, 9.17) is 4.74 Å². The molecule has 3 heteroatoms. The molecule has 0 spiro atoms. The smallest absolute Gasteiger partial charge is 0.334 e. The fourth-order valence-corrected chi connectivity index (χ4v) is 7.14. The number of rotatable bonds is 0. The van der Waals surface area contributed by atoms with Crippen LogP contribution in [-0.2, 0) is 9.53 Å². The fraction of sp³-hybridized carbons (Fsp3) is 0.864. The number of carbonyl (C=O) groups is 1. The van der Waals surface area contributed by atoms with Crippen molar-refractivity contribution in [1.82, 2.24) is 4.90 Å². The molecular formula is C22H33NO2. The highest BCUT2D eigenvalue weighted by molar-refractivity contribution is 5.91. The van der Waals surface area contributed by atoms with Gasteiger partial charge in [0.1, 0.15) is 6.10 Å². The zero-order chi connectivity index (χ0) is 17.6. The van der Waals surface area contributed by atoms with E-state index in [-0.39, 0.29) is 17.5 Å². The Kier molecular flexibility index (Phi) is 3.35. The molecule has 3 aliphatic heterocycles. The minimum atomic E-state index is 0.0233. The van der Waals surface area contributed by atoms with Crippen molar-refractivity contribution < 1.29 is 9.53 Å². The van der Waals surface area contributed by atoms with Crippen LogP contribution in [-0.4, -0.2) is 36.1 Å². The number of fused-ring (bicyclic) bond motifs is 3. The van der Waals surface area contributed by atoms with E-state index in [0.29, 0.717) is 23.3 Å². The molecular weight excluding hydrogens is 310 g/mol. The van der Waals surface area contributed by atoms with E-state index in [1.54, 1.807) is 0 Å². The van der Waals surface area contributed by atoms with Gasteiger partial charge in [-0.3, -0.25) is 4.90 Å². The number of hydrogen-bond acceptors (Lipinski definition) is 3. The summed E-state index contributed by atoms with van der Waals surface area (Å²) < 4.78 is 6.22. The van der Waals surface area contributed by atoms with Gasteiger partial charge in [-0.25, -0.2) is 4.79 Å². The van der Waals surface area contributed by atoms with Gasteiger partial charge in [0.15, 0.2) is 0 Å². The monoisotopic (exact) mass is 343 g/mol. The molecule has 5 aliphatic rings. The third-order valence-electron chi connectivity index (χ3n) is 8.65. The number of hydrogen-bond donors (Lipinski definition) is 0. The summed E-state index contributed by atoms with van der Waals surface area (Å²) in [5.74, 6) is 1.75. The summed E-state index contributed by atoms with van der Waals surface area (Å²) in [7, 11) is 0. The standard InChI is InChI=1S/C22H33NO2/c1-21(2)8-10-23-11-9-22(3,4)17-18(23)16(21)12-15-13-6-5-7-14(13)20(24)25-19(15)17/h15-19H,5-12H2,1-4H3. The summed E-state index contributed by atoms with van der Waals surface area (Å²) in [4.78, 5) is 15.5. The van der Waals surface area contributed by atoms with Crippen molar-refractivity contribution >= 4 is 5.97 Å². The lowest BCUT2D eigenvalue weighted by Gasteiger charge is -2.65. The summed E-state index contributed by atoms with van der Waals surface area (Å²) in [6.45, 7) is 12.3. The molecule has 0 bridgehead atoms. The molecule has 0 N–H and O–H groups in total. The lowest BCUT2D eigenvalue weighted by atomic mass is 9.50. The van der Waals surface area contributed by atoms with E-state index in [1.165, 1.54) is 37.9 Å². The average Bonchev–Trinajstić information content (AvgIpc) is 3.03. The third kappa shape index (κ3) is 2.17. The van der Waals surface area contributed by atoms with Crippen LogP contribution in [0.3, 0.4) is 0 Å². The van der Waals surface area contributed by atoms with Crippen molar-refractivity contribution in [3.63, 3.8) is 0 Å². The van der Waals surface area contributed by atoms with Gasteiger partial charge in [-0.2, -0.15) is 0 Å². The van der Waals surface area contributed by atoms with E-state index in [2.05, 4.69) is 32.6 Å². The van der Waals surface area contributed by atoms with E-state index in [1.807, 2.05) is 0 Å². The minimum absolute atomic E-state index is 0.0233. The number of piperidine rings is 2.